The zero-order valence-corrected chi connectivity index (χ0v) is 18.0. The number of nitrogens with zero attached hydrogens (tertiary/aromatic N) is 2. The number of carbonyl (C=O) groups excluding carboxylic acids is 1. The summed E-state index contributed by atoms with van der Waals surface area (Å²) < 4.78 is 27.4. The standard InChI is InChI=1S/C21H26ClN3O3S/c1-2-3-10-23-29(27,28)20-9-4-6-17(15-20)21(26)25-13-11-24(12-14-25)19-8-5-7-18(22)16-19/h4-9,15-16,23H,2-3,10-14H2,1H3. The van der Waals surface area contributed by atoms with Gasteiger partial charge in [0.2, 0.25) is 10.0 Å². The molecule has 29 heavy (non-hydrogen) atoms. The first-order chi connectivity index (χ1) is 13.9. The Hall–Kier alpha value is -2.09. The van der Waals surface area contributed by atoms with Gasteiger partial charge in [-0.05, 0) is 42.8 Å². The summed E-state index contributed by atoms with van der Waals surface area (Å²) in [5.41, 5.74) is 1.43. The Balaban J connectivity index is 1.65. The van der Waals surface area contributed by atoms with Crippen LogP contribution < -0.4 is 9.62 Å². The second kappa shape index (κ2) is 9.61. The molecule has 0 spiro atoms. The third kappa shape index (κ3) is 5.50. The second-order valence-corrected chi connectivity index (χ2v) is 9.24. The Morgan fingerprint density at radius 3 is 2.48 bits per heavy atom. The van der Waals surface area contributed by atoms with E-state index in [0.29, 0.717) is 43.3 Å². The Bertz CT molecular complexity index is 957. The van der Waals surface area contributed by atoms with Crippen LogP contribution in [0.5, 0.6) is 0 Å². The average Bonchev–Trinajstić information content (AvgIpc) is 2.73. The third-order valence-corrected chi connectivity index (χ3v) is 6.65. The van der Waals surface area contributed by atoms with E-state index in [1.807, 2.05) is 31.2 Å². The number of piperazine rings is 1. The molecule has 2 aromatic rings. The quantitative estimate of drug-likeness (QED) is 0.677. The number of anilines is 1. The van der Waals surface area contributed by atoms with Crippen molar-refractivity contribution < 1.29 is 13.2 Å². The minimum Gasteiger partial charge on any atom is -0.368 e. The van der Waals surface area contributed by atoms with Gasteiger partial charge in [-0.15, -0.1) is 0 Å². The first-order valence-electron chi connectivity index (χ1n) is 9.80. The lowest BCUT2D eigenvalue weighted by Crippen LogP contribution is -2.48. The molecule has 8 heteroatoms. The molecule has 0 aliphatic carbocycles. The van der Waals surface area contributed by atoms with E-state index in [1.165, 1.54) is 12.1 Å². The number of nitrogens with one attached hydrogen (secondary N) is 1. The van der Waals surface area contributed by atoms with E-state index in [4.69, 9.17) is 11.6 Å². The van der Waals surface area contributed by atoms with Crippen LogP contribution in [0.3, 0.4) is 0 Å². The topological polar surface area (TPSA) is 69.7 Å². The molecule has 1 amide bonds. The number of halogens is 1. The number of unbranched alkanes of at least 4 members (excludes halogenated alkanes) is 1. The third-order valence-electron chi connectivity index (χ3n) is 4.95. The van der Waals surface area contributed by atoms with Gasteiger partial charge < -0.3 is 9.80 Å². The van der Waals surface area contributed by atoms with Crippen LogP contribution in [0.2, 0.25) is 5.02 Å². The van der Waals surface area contributed by atoms with Crippen molar-refractivity contribution in [3.8, 4) is 0 Å². The van der Waals surface area contributed by atoms with Crippen molar-refractivity contribution in [2.75, 3.05) is 37.6 Å². The summed E-state index contributed by atoms with van der Waals surface area (Å²) in [7, 11) is -3.61. The zero-order valence-electron chi connectivity index (χ0n) is 16.5. The highest BCUT2D eigenvalue weighted by molar-refractivity contribution is 7.89. The number of hydrogen-bond donors (Lipinski definition) is 1. The normalized spacial score (nSPS) is 14.8. The first-order valence-corrected chi connectivity index (χ1v) is 11.7. The monoisotopic (exact) mass is 435 g/mol. The van der Waals surface area contributed by atoms with Gasteiger partial charge in [0.25, 0.3) is 5.91 Å². The van der Waals surface area contributed by atoms with Crippen LogP contribution in [0, 0.1) is 0 Å². The smallest absolute Gasteiger partial charge is 0.254 e. The fraction of sp³-hybridized carbons (Fsp3) is 0.381. The van der Waals surface area contributed by atoms with Crippen molar-refractivity contribution in [3.63, 3.8) is 0 Å². The van der Waals surface area contributed by atoms with E-state index >= 15 is 0 Å². The van der Waals surface area contributed by atoms with E-state index in [1.54, 1.807) is 17.0 Å². The summed E-state index contributed by atoms with van der Waals surface area (Å²) >= 11 is 6.07. The fourth-order valence-corrected chi connectivity index (χ4v) is 4.59. The maximum atomic E-state index is 12.9. The summed E-state index contributed by atoms with van der Waals surface area (Å²) in [5.74, 6) is -0.152. The van der Waals surface area contributed by atoms with Crippen LogP contribution in [-0.2, 0) is 10.0 Å². The Kier molecular flexibility index (Phi) is 7.16. The molecule has 1 heterocycles. The summed E-state index contributed by atoms with van der Waals surface area (Å²) in [5, 5.41) is 0.687. The molecular weight excluding hydrogens is 410 g/mol. The van der Waals surface area contributed by atoms with Crippen molar-refractivity contribution in [1.29, 1.82) is 0 Å². The zero-order chi connectivity index (χ0) is 20.9. The molecule has 1 N–H and O–H groups in total. The molecular formula is C21H26ClN3O3S. The molecule has 0 bridgehead atoms. The second-order valence-electron chi connectivity index (χ2n) is 7.04. The van der Waals surface area contributed by atoms with Crippen LogP contribution in [-0.4, -0.2) is 51.9 Å². The van der Waals surface area contributed by atoms with Crippen molar-refractivity contribution in [2.24, 2.45) is 0 Å². The molecule has 6 nitrogen and oxygen atoms in total. The van der Waals surface area contributed by atoms with E-state index in [2.05, 4.69) is 9.62 Å². The molecule has 3 rings (SSSR count). The highest BCUT2D eigenvalue weighted by atomic mass is 35.5. The Labute approximate surface area is 177 Å². The van der Waals surface area contributed by atoms with Gasteiger partial charge in [-0.1, -0.05) is 37.1 Å². The lowest BCUT2D eigenvalue weighted by Gasteiger charge is -2.36. The molecule has 0 radical (unpaired) electrons. The lowest BCUT2D eigenvalue weighted by molar-refractivity contribution is 0.0746. The summed E-state index contributed by atoms with van der Waals surface area (Å²) in [4.78, 5) is 17.0. The van der Waals surface area contributed by atoms with E-state index in [9.17, 15) is 13.2 Å². The summed E-state index contributed by atoms with van der Waals surface area (Å²) in [6, 6.07) is 13.9. The van der Waals surface area contributed by atoms with Gasteiger partial charge in [0.15, 0.2) is 0 Å². The van der Waals surface area contributed by atoms with Crippen molar-refractivity contribution in [2.45, 2.75) is 24.7 Å². The highest BCUT2D eigenvalue weighted by Crippen LogP contribution is 2.21. The van der Waals surface area contributed by atoms with Crippen LogP contribution in [0.4, 0.5) is 5.69 Å². The highest BCUT2D eigenvalue weighted by Gasteiger charge is 2.24. The molecule has 2 aromatic carbocycles. The molecule has 0 atom stereocenters. The van der Waals surface area contributed by atoms with Crippen LogP contribution in [0.1, 0.15) is 30.1 Å². The van der Waals surface area contributed by atoms with Gasteiger partial charge in [0.1, 0.15) is 0 Å². The molecule has 1 aliphatic rings. The Morgan fingerprint density at radius 2 is 1.79 bits per heavy atom. The maximum Gasteiger partial charge on any atom is 0.254 e. The summed E-state index contributed by atoms with van der Waals surface area (Å²) in [6.45, 7) is 4.92. The van der Waals surface area contributed by atoms with Gasteiger partial charge in [-0.25, -0.2) is 13.1 Å². The minimum atomic E-state index is -3.61. The van der Waals surface area contributed by atoms with Crippen molar-refractivity contribution in [3.05, 3.63) is 59.1 Å². The maximum absolute atomic E-state index is 12.9. The SMILES string of the molecule is CCCCNS(=O)(=O)c1cccc(C(=O)N2CCN(c3cccc(Cl)c3)CC2)c1. The number of rotatable bonds is 7. The van der Waals surface area contributed by atoms with Crippen LogP contribution in [0.25, 0.3) is 0 Å². The van der Waals surface area contributed by atoms with Gasteiger partial charge in [0, 0.05) is 49.0 Å². The van der Waals surface area contributed by atoms with Crippen LogP contribution in [0.15, 0.2) is 53.4 Å². The van der Waals surface area contributed by atoms with E-state index in [-0.39, 0.29) is 10.8 Å². The minimum absolute atomic E-state index is 0.122. The fourth-order valence-electron chi connectivity index (χ4n) is 3.29. The largest absolute Gasteiger partial charge is 0.368 e. The lowest BCUT2D eigenvalue weighted by atomic mass is 10.1. The number of sulfonamides is 1. The Morgan fingerprint density at radius 1 is 1.07 bits per heavy atom. The van der Waals surface area contributed by atoms with Crippen LogP contribution >= 0.6 is 11.6 Å². The molecule has 1 fully saturated rings. The molecule has 0 saturated carbocycles. The number of benzene rings is 2. The van der Waals surface area contributed by atoms with E-state index < -0.39 is 10.0 Å². The predicted molar refractivity (Wildman–Crippen MR) is 116 cm³/mol. The van der Waals surface area contributed by atoms with Crippen molar-refractivity contribution >= 4 is 33.2 Å². The van der Waals surface area contributed by atoms with Crippen molar-refractivity contribution in [1.82, 2.24) is 9.62 Å². The van der Waals surface area contributed by atoms with Gasteiger partial charge in [-0.2, -0.15) is 0 Å². The molecule has 156 valence electrons. The number of hydrogen-bond acceptors (Lipinski definition) is 4. The molecule has 1 saturated heterocycles. The average molecular weight is 436 g/mol. The van der Waals surface area contributed by atoms with Gasteiger partial charge in [-0.3, -0.25) is 4.79 Å². The molecule has 0 aromatic heterocycles. The van der Waals surface area contributed by atoms with E-state index in [0.717, 1.165) is 18.5 Å². The first kappa shape index (κ1) is 21.6. The molecule has 1 aliphatic heterocycles. The molecule has 0 unspecified atom stereocenters. The number of carbonyl (C=O) groups is 1. The number of amides is 1. The summed E-state index contributed by atoms with van der Waals surface area (Å²) in [6.07, 6.45) is 1.68. The predicted octanol–water partition coefficient (Wildman–Crippen LogP) is 3.38. The van der Waals surface area contributed by atoms with Gasteiger partial charge >= 0.3 is 0 Å². The van der Waals surface area contributed by atoms with Gasteiger partial charge in [0.05, 0.1) is 4.90 Å².